The Hall–Kier alpha value is -3.30. The molecule has 1 aromatic rings. The van der Waals surface area contributed by atoms with Gasteiger partial charge in [-0.05, 0) is 32.4 Å². The highest BCUT2D eigenvalue weighted by Crippen LogP contribution is 2.42. The summed E-state index contributed by atoms with van der Waals surface area (Å²) >= 11 is 0. The number of carbonyl (C=O) groups is 2. The highest BCUT2D eigenvalue weighted by molar-refractivity contribution is 5.85. The number of urea groups is 1. The fourth-order valence-corrected chi connectivity index (χ4v) is 2.95. The summed E-state index contributed by atoms with van der Waals surface area (Å²) in [6, 6.07) is 1.26. The summed E-state index contributed by atoms with van der Waals surface area (Å²) in [4.78, 5) is 35.4. The van der Waals surface area contributed by atoms with E-state index in [1.165, 1.54) is 12.1 Å². The molecule has 28 heavy (non-hydrogen) atoms. The second kappa shape index (κ2) is 9.07. The summed E-state index contributed by atoms with van der Waals surface area (Å²) in [5.74, 6) is -1.44. The van der Waals surface area contributed by atoms with Gasteiger partial charge in [-0.1, -0.05) is 6.58 Å². The van der Waals surface area contributed by atoms with Gasteiger partial charge in [0.2, 0.25) is 5.75 Å². The maximum atomic E-state index is 12.4. The number of amides is 2. The van der Waals surface area contributed by atoms with Crippen LogP contribution in [0.4, 0.5) is 10.5 Å². The highest BCUT2D eigenvalue weighted by atomic mass is 16.6. The molecule has 2 rings (SSSR count). The fraction of sp³-hybridized carbons (Fsp3) is 0.444. The Morgan fingerprint density at radius 3 is 2.46 bits per heavy atom. The van der Waals surface area contributed by atoms with Gasteiger partial charge in [-0.15, -0.1) is 0 Å². The van der Waals surface area contributed by atoms with Crippen molar-refractivity contribution in [1.82, 2.24) is 10.6 Å². The second-order valence-electron chi connectivity index (χ2n) is 5.82. The minimum Gasteiger partial charge on any atom is -0.490 e. The summed E-state index contributed by atoms with van der Waals surface area (Å²) in [6.45, 7) is 9.38. The molecule has 1 aromatic carbocycles. The summed E-state index contributed by atoms with van der Waals surface area (Å²) in [6.07, 6.45) is 0. The Bertz CT molecular complexity index is 794. The molecule has 0 spiro atoms. The lowest BCUT2D eigenvalue weighted by atomic mass is 9.88. The SMILES string of the molecule is C=C1NC(=O)N[C@H](c2cc(OCC)c(OCC)c([N+](=O)[O-])c2)[C@H]1C(=O)OCC. The molecule has 2 atom stereocenters. The topological polar surface area (TPSA) is 129 Å². The Balaban J connectivity index is 2.61. The number of hydrogen-bond acceptors (Lipinski definition) is 7. The molecule has 0 bridgehead atoms. The molecule has 152 valence electrons. The zero-order valence-electron chi connectivity index (χ0n) is 15.9. The lowest BCUT2D eigenvalue weighted by Crippen LogP contribution is -2.51. The van der Waals surface area contributed by atoms with Crippen LogP contribution < -0.4 is 20.1 Å². The van der Waals surface area contributed by atoms with E-state index in [1.807, 2.05) is 0 Å². The Kier molecular flexibility index (Phi) is 6.80. The van der Waals surface area contributed by atoms with E-state index >= 15 is 0 Å². The molecule has 10 nitrogen and oxygen atoms in total. The standard InChI is InChI=1S/C18H23N3O7/c1-5-26-13-9-11(8-12(21(24)25)16(13)27-6-2)15-14(17(22)28-7-3)10(4)19-18(23)20-15/h8-9,14-15H,4-7H2,1-3H3,(H2,19,20,23)/t14-,15+/m0/s1. The van der Waals surface area contributed by atoms with E-state index in [-0.39, 0.29) is 42.7 Å². The van der Waals surface area contributed by atoms with E-state index in [0.29, 0.717) is 5.56 Å². The maximum absolute atomic E-state index is 12.4. The van der Waals surface area contributed by atoms with E-state index in [1.54, 1.807) is 20.8 Å². The van der Waals surface area contributed by atoms with Gasteiger partial charge in [0.25, 0.3) is 0 Å². The van der Waals surface area contributed by atoms with Crippen LogP contribution in [-0.4, -0.2) is 36.7 Å². The van der Waals surface area contributed by atoms with Crippen molar-refractivity contribution in [2.75, 3.05) is 19.8 Å². The van der Waals surface area contributed by atoms with Crippen LogP contribution in [0.2, 0.25) is 0 Å². The monoisotopic (exact) mass is 393 g/mol. The number of ether oxygens (including phenoxy) is 3. The molecule has 1 fully saturated rings. The number of hydrogen-bond donors (Lipinski definition) is 2. The third kappa shape index (κ3) is 4.33. The van der Waals surface area contributed by atoms with E-state index in [2.05, 4.69) is 17.2 Å². The number of esters is 1. The number of nitrogens with one attached hydrogen (secondary N) is 2. The van der Waals surface area contributed by atoms with E-state index in [0.717, 1.165) is 0 Å². The predicted octanol–water partition coefficient (Wildman–Crippen LogP) is 2.44. The van der Waals surface area contributed by atoms with Crippen LogP contribution in [0.25, 0.3) is 0 Å². The molecule has 0 saturated carbocycles. The van der Waals surface area contributed by atoms with Crippen molar-refractivity contribution in [3.05, 3.63) is 40.1 Å². The molecule has 0 radical (unpaired) electrons. The lowest BCUT2D eigenvalue weighted by Gasteiger charge is -2.33. The molecule has 0 aliphatic carbocycles. The van der Waals surface area contributed by atoms with Crippen LogP contribution in [0.3, 0.4) is 0 Å². The van der Waals surface area contributed by atoms with Gasteiger partial charge in [0.05, 0.1) is 30.8 Å². The second-order valence-corrected chi connectivity index (χ2v) is 5.82. The molecule has 0 unspecified atom stereocenters. The van der Waals surface area contributed by atoms with Gasteiger partial charge in [-0.2, -0.15) is 0 Å². The van der Waals surface area contributed by atoms with E-state index in [9.17, 15) is 19.7 Å². The first-order valence-corrected chi connectivity index (χ1v) is 8.84. The maximum Gasteiger partial charge on any atom is 0.319 e. The van der Waals surface area contributed by atoms with Crippen molar-refractivity contribution in [1.29, 1.82) is 0 Å². The van der Waals surface area contributed by atoms with Gasteiger partial charge in [0, 0.05) is 11.8 Å². The molecule has 1 aliphatic rings. The third-order valence-corrected chi connectivity index (χ3v) is 4.01. The number of nitro groups is 1. The molecular weight excluding hydrogens is 370 g/mol. The van der Waals surface area contributed by atoms with Gasteiger partial charge < -0.3 is 24.8 Å². The van der Waals surface area contributed by atoms with Crippen molar-refractivity contribution in [3.8, 4) is 11.5 Å². The number of carbonyl (C=O) groups excluding carboxylic acids is 2. The number of nitro benzene ring substituents is 1. The first-order chi connectivity index (χ1) is 13.3. The summed E-state index contributed by atoms with van der Waals surface area (Å²) in [7, 11) is 0. The van der Waals surface area contributed by atoms with Crippen LogP contribution >= 0.6 is 0 Å². The summed E-state index contributed by atoms with van der Waals surface area (Å²) in [5.41, 5.74) is 0.109. The van der Waals surface area contributed by atoms with E-state index in [4.69, 9.17) is 14.2 Å². The number of rotatable bonds is 8. The first-order valence-electron chi connectivity index (χ1n) is 8.84. The van der Waals surface area contributed by atoms with Gasteiger partial charge in [0.1, 0.15) is 5.92 Å². The molecule has 2 amide bonds. The van der Waals surface area contributed by atoms with Crippen molar-refractivity contribution in [3.63, 3.8) is 0 Å². The van der Waals surface area contributed by atoms with Crippen LogP contribution in [0.15, 0.2) is 24.4 Å². The van der Waals surface area contributed by atoms with Crippen LogP contribution in [0.1, 0.15) is 32.4 Å². The van der Waals surface area contributed by atoms with Gasteiger partial charge in [0.15, 0.2) is 5.75 Å². The zero-order valence-corrected chi connectivity index (χ0v) is 15.9. The lowest BCUT2D eigenvalue weighted by molar-refractivity contribution is -0.386. The molecular formula is C18H23N3O7. The van der Waals surface area contributed by atoms with Crippen molar-refractivity contribution >= 4 is 17.7 Å². The molecule has 1 saturated heterocycles. The normalized spacial score (nSPS) is 18.7. The fourth-order valence-electron chi connectivity index (χ4n) is 2.95. The van der Waals surface area contributed by atoms with Crippen molar-refractivity contribution < 1.29 is 28.7 Å². The van der Waals surface area contributed by atoms with Gasteiger partial charge in [-0.3, -0.25) is 14.9 Å². The quantitative estimate of drug-likeness (QED) is 0.394. The van der Waals surface area contributed by atoms with E-state index < -0.39 is 28.9 Å². The summed E-state index contributed by atoms with van der Waals surface area (Å²) in [5, 5.41) is 16.6. The average Bonchev–Trinajstić information content (AvgIpc) is 2.62. The molecule has 1 heterocycles. The van der Waals surface area contributed by atoms with Gasteiger partial charge in [-0.25, -0.2) is 4.79 Å². The largest absolute Gasteiger partial charge is 0.490 e. The Morgan fingerprint density at radius 1 is 1.21 bits per heavy atom. The molecule has 1 aliphatic heterocycles. The van der Waals surface area contributed by atoms with Crippen LogP contribution in [0, 0.1) is 16.0 Å². The summed E-state index contributed by atoms with van der Waals surface area (Å²) < 4.78 is 16.0. The molecule has 10 heteroatoms. The minimum absolute atomic E-state index is 0.00938. The highest BCUT2D eigenvalue weighted by Gasteiger charge is 2.40. The predicted molar refractivity (Wildman–Crippen MR) is 99.1 cm³/mol. The number of benzene rings is 1. The zero-order chi connectivity index (χ0) is 20.8. The molecule has 0 aromatic heterocycles. The Labute approximate surface area is 162 Å². The van der Waals surface area contributed by atoms with Gasteiger partial charge >= 0.3 is 17.7 Å². The number of nitrogens with zero attached hydrogens (tertiary/aromatic N) is 1. The van der Waals surface area contributed by atoms with Crippen molar-refractivity contribution in [2.45, 2.75) is 26.8 Å². The third-order valence-electron chi connectivity index (χ3n) is 4.01. The smallest absolute Gasteiger partial charge is 0.319 e. The molecule has 2 N–H and O–H groups in total. The van der Waals surface area contributed by atoms with Crippen LogP contribution in [-0.2, 0) is 9.53 Å². The Morgan fingerprint density at radius 2 is 1.89 bits per heavy atom. The average molecular weight is 393 g/mol. The van der Waals surface area contributed by atoms with Crippen molar-refractivity contribution in [2.24, 2.45) is 5.92 Å². The first kappa shape index (κ1) is 21.0. The van der Waals surface area contributed by atoms with Crippen LogP contribution in [0.5, 0.6) is 11.5 Å². The minimum atomic E-state index is -0.968.